The summed E-state index contributed by atoms with van der Waals surface area (Å²) in [5, 5.41) is 13.5. The Morgan fingerprint density at radius 1 is 1.47 bits per heavy atom. The highest BCUT2D eigenvalue weighted by Crippen LogP contribution is 2.33. The minimum atomic E-state index is -0.498. The van der Waals surface area contributed by atoms with Crippen LogP contribution in [-0.4, -0.2) is 28.7 Å². The van der Waals surface area contributed by atoms with Gasteiger partial charge in [-0.15, -0.1) is 0 Å². The van der Waals surface area contributed by atoms with Crippen molar-refractivity contribution in [3.63, 3.8) is 0 Å². The van der Waals surface area contributed by atoms with Gasteiger partial charge in [0.2, 0.25) is 0 Å². The number of aromatic amines is 1. The van der Waals surface area contributed by atoms with Gasteiger partial charge in [-0.25, -0.2) is 4.98 Å². The third-order valence-electron chi connectivity index (χ3n) is 3.13. The second-order valence-electron chi connectivity index (χ2n) is 5.10. The maximum atomic E-state index is 10.4. The summed E-state index contributed by atoms with van der Waals surface area (Å²) in [5.41, 5.74) is 2.60. The van der Waals surface area contributed by atoms with Gasteiger partial charge in [0, 0.05) is 12.0 Å². The van der Waals surface area contributed by atoms with Crippen LogP contribution in [0.3, 0.4) is 0 Å². The van der Waals surface area contributed by atoms with Crippen LogP contribution in [0.1, 0.15) is 25.5 Å². The van der Waals surface area contributed by atoms with Crippen molar-refractivity contribution in [2.75, 3.05) is 13.6 Å². The Morgan fingerprint density at radius 3 is 2.94 bits per heavy atom. The number of hydrogen-bond acceptors (Lipinski definition) is 3. The number of fused-ring (bicyclic) bond motifs is 1. The third-order valence-corrected chi connectivity index (χ3v) is 3.13. The smallest absolute Gasteiger partial charge is 0.0931 e. The second kappa shape index (κ2) is 4.47. The highest BCUT2D eigenvalue weighted by Gasteiger charge is 2.28. The van der Waals surface area contributed by atoms with Gasteiger partial charge in [-0.1, -0.05) is 19.9 Å². The molecule has 2 rings (SSSR count). The number of aliphatic hydroxyl groups is 1. The van der Waals surface area contributed by atoms with E-state index in [2.05, 4.69) is 15.3 Å². The lowest BCUT2D eigenvalue weighted by atomic mass is 9.82. The van der Waals surface area contributed by atoms with Crippen molar-refractivity contribution >= 4 is 11.0 Å². The molecule has 1 atom stereocenters. The Morgan fingerprint density at radius 2 is 2.24 bits per heavy atom. The highest BCUT2D eigenvalue weighted by molar-refractivity contribution is 5.75. The van der Waals surface area contributed by atoms with Crippen LogP contribution in [0.5, 0.6) is 0 Å². The van der Waals surface area contributed by atoms with Crippen LogP contribution in [0.4, 0.5) is 0 Å². The van der Waals surface area contributed by atoms with Crippen LogP contribution in [0.2, 0.25) is 0 Å². The Bertz CT molecular complexity index is 504. The molecule has 0 spiro atoms. The van der Waals surface area contributed by atoms with Crippen molar-refractivity contribution in [3.8, 4) is 0 Å². The van der Waals surface area contributed by atoms with Crippen LogP contribution >= 0.6 is 0 Å². The van der Waals surface area contributed by atoms with Gasteiger partial charge < -0.3 is 15.4 Å². The van der Waals surface area contributed by atoms with Gasteiger partial charge in [0.1, 0.15) is 0 Å². The van der Waals surface area contributed by atoms with Crippen molar-refractivity contribution in [1.29, 1.82) is 0 Å². The van der Waals surface area contributed by atoms with E-state index < -0.39 is 6.10 Å². The van der Waals surface area contributed by atoms with Crippen LogP contribution in [0.15, 0.2) is 24.5 Å². The van der Waals surface area contributed by atoms with E-state index in [-0.39, 0.29) is 5.41 Å². The summed E-state index contributed by atoms with van der Waals surface area (Å²) < 4.78 is 0. The molecule has 17 heavy (non-hydrogen) atoms. The number of hydrogen-bond donors (Lipinski definition) is 3. The summed E-state index contributed by atoms with van der Waals surface area (Å²) in [6.07, 6.45) is 1.17. The lowest BCUT2D eigenvalue weighted by molar-refractivity contribution is 0.0507. The molecule has 1 aromatic carbocycles. The quantitative estimate of drug-likeness (QED) is 0.755. The molecule has 4 heteroatoms. The number of aliphatic hydroxyl groups excluding tert-OH is 1. The molecular formula is C13H19N3O. The predicted molar refractivity (Wildman–Crippen MR) is 68.8 cm³/mol. The summed E-state index contributed by atoms with van der Waals surface area (Å²) in [6.45, 7) is 4.85. The molecule has 0 saturated heterocycles. The molecule has 1 aromatic heterocycles. The summed E-state index contributed by atoms with van der Waals surface area (Å²) >= 11 is 0. The Kier molecular flexibility index (Phi) is 3.17. The van der Waals surface area contributed by atoms with Crippen LogP contribution in [0, 0.1) is 5.41 Å². The molecule has 92 valence electrons. The largest absolute Gasteiger partial charge is 0.388 e. The van der Waals surface area contributed by atoms with E-state index >= 15 is 0 Å². The number of nitrogens with zero attached hydrogens (tertiary/aromatic N) is 1. The molecule has 0 aliphatic rings. The standard InChI is InChI=1S/C13H19N3O/c1-13(2,7-14-3)12(17)9-4-5-10-11(6-9)16-8-15-10/h4-6,8,12,14,17H,7H2,1-3H3,(H,15,16). The number of imidazole rings is 1. The van der Waals surface area contributed by atoms with Gasteiger partial charge in [0.05, 0.1) is 23.5 Å². The molecule has 0 fully saturated rings. The highest BCUT2D eigenvalue weighted by atomic mass is 16.3. The zero-order valence-corrected chi connectivity index (χ0v) is 10.5. The van der Waals surface area contributed by atoms with Crippen LogP contribution in [-0.2, 0) is 0 Å². The first kappa shape index (κ1) is 12.1. The van der Waals surface area contributed by atoms with Gasteiger partial charge in [-0.3, -0.25) is 0 Å². The van der Waals surface area contributed by atoms with E-state index in [1.807, 2.05) is 39.1 Å². The van der Waals surface area contributed by atoms with Crippen molar-refractivity contribution in [2.45, 2.75) is 20.0 Å². The minimum absolute atomic E-state index is 0.206. The summed E-state index contributed by atoms with van der Waals surface area (Å²) in [7, 11) is 1.90. The normalized spacial score (nSPS) is 14.1. The Labute approximate surface area is 101 Å². The Hall–Kier alpha value is -1.39. The first-order valence-corrected chi connectivity index (χ1v) is 5.80. The van der Waals surface area contributed by atoms with Crippen molar-refractivity contribution in [2.24, 2.45) is 5.41 Å². The summed E-state index contributed by atoms with van der Waals surface area (Å²) in [6, 6.07) is 5.83. The molecule has 2 aromatic rings. The Balaban J connectivity index is 2.32. The van der Waals surface area contributed by atoms with Gasteiger partial charge in [-0.2, -0.15) is 0 Å². The van der Waals surface area contributed by atoms with Crippen molar-refractivity contribution in [3.05, 3.63) is 30.1 Å². The van der Waals surface area contributed by atoms with Gasteiger partial charge in [0.15, 0.2) is 0 Å². The molecule has 1 unspecified atom stereocenters. The van der Waals surface area contributed by atoms with E-state index in [0.717, 1.165) is 23.1 Å². The topological polar surface area (TPSA) is 60.9 Å². The van der Waals surface area contributed by atoms with E-state index in [4.69, 9.17) is 0 Å². The number of H-pyrrole nitrogens is 1. The predicted octanol–water partition coefficient (Wildman–Crippen LogP) is 1.84. The number of rotatable bonds is 4. The molecule has 0 saturated carbocycles. The first-order valence-electron chi connectivity index (χ1n) is 5.80. The molecular weight excluding hydrogens is 214 g/mol. The lowest BCUT2D eigenvalue weighted by Crippen LogP contribution is -2.32. The van der Waals surface area contributed by atoms with Gasteiger partial charge in [0.25, 0.3) is 0 Å². The maximum absolute atomic E-state index is 10.4. The summed E-state index contributed by atoms with van der Waals surface area (Å²) in [4.78, 5) is 7.23. The van der Waals surface area contributed by atoms with Crippen LogP contribution < -0.4 is 5.32 Å². The number of aromatic nitrogens is 2. The summed E-state index contributed by atoms with van der Waals surface area (Å²) in [5.74, 6) is 0. The van der Waals surface area contributed by atoms with Crippen LogP contribution in [0.25, 0.3) is 11.0 Å². The molecule has 1 heterocycles. The molecule has 0 amide bonds. The molecule has 4 nitrogen and oxygen atoms in total. The molecule has 0 bridgehead atoms. The molecule has 0 aliphatic heterocycles. The molecule has 0 aliphatic carbocycles. The second-order valence-corrected chi connectivity index (χ2v) is 5.10. The first-order chi connectivity index (χ1) is 8.04. The van der Waals surface area contributed by atoms with E-state index in [1.54, 1.807) is 6.33 Å². The zero-order chi connectivity index (χ0) is 12.5. The van der Waals surface area contributed by atoms with E-state index in [0.29, 0.717) is 0 Å². The fourth-order valence-electron chi connectivity index (χ4n) is 2.13. The monoisotopic (exact) mass is 233 g/mol. The van der Waals surface area contributed by atoms with E-state index in [1.165, 1.54) is 0 Å². The maximum Gasteiger partial charge on any atom is 0.0931 e. The number of benzene rings is 1. The third kappa shape index (κ3) is 2.33. The van der Waals surface area contributed by atoms with Gasteiger partial charge in [-0.05, 0) is 24.7 Å². The fourth-order valence-corrected chi connectivity index (χ4v) is 2.13. The average molecular weight is 233 g/mol. The molecule has 0 radical (unpaired) electrons. The number of nitrogens with one attached hydrogen (secondary N) is 2. The lowest BCUT2D eigenvalue weighted by Gasteiger charge is -2.30. The van der Waals surface area contributed by atoms with Crippen molar-refractivity contribution < 1.29 is 5.11 Å². The zero-order valence-electron chi connectivity index (χ0n) is 10.5. The van der Waals surface area contributed by atoms with Gasteiger partial charge >= 0.3 is 0 Å². The van der Waals surface area contributed by atoms with Crippen molar-refractivity contribution in [1.82, 2.24) is 15.3 Å². The fraction of sp³-hybridized carbons (Fsp3) is 0.462. The SMILES string of the molecule is CNCC(C)(C)C(O)c1ccc2nc[nH]c2c1. The molecule has 3 N–H and O–H groups in total. The van der Waals surface area contributed by atoms with E-state index in [9.17, 15) is 5.11 Å². The average Bonchev–Trinajstić information content (AvgIpc) is 2.74. The minimum Gasteiger partial charge on any atom is -0.388 e.